The molecule has 1 fully saturated rings. The first-order valence-corrected chi connectivity index (χ1v) is 15.8. The summed E-state index contributed by atoms with van der Waals surface area (Å²) in [4.78, 5) is 5.71. The molecule has 0 saturated carbocycles. The molecular formula is C28H29F4N4OPS. The minimum absolute atomic E-state index is 0.0989. The van der Waals surface area contributed by atoms with Gasteiger partial charge in [-0.3, -0.25) is 0 Å². The number of benzene rings is 2. The lowest BCUT2D eigenvalue weighted by Gasteiger charge is -2.33. The van der Waals surface area contributed by atoms with E-state index in [9.17, 15) is 22.1 Å². The molecule has 1 aliphatic rings. The maximum absolute atomic E-state index is 14.7. The van der Waals surface area contributed by atoms with Crippen LogP contribution in [0.1, 0.15) is 16.9 Å². The first kappa shape index (κ1) is 29.0. The summed E-state index contributed by atoms with van der Waals surface area (Å²) in [7, 11) is -0.668. The third-order valence-corrected chi connectivity index (χ3v) is 9.29. The van der Waals surface area contributed by atoms with Crippen LogP contribution in [-0.4, -0.2) is 63.3 Å². The number of likely N-dealkylation sites (tertiary alicyclic amines) is 1. The van der Waals surface area contributed by atoms with Crippen molar-refractivity contribution in [1.29, 1.82) is 0 Å². The van der Waals surface area contributed by atoms with E-state index in [0.717, 1.165) is 17.9 Å². The lowest BCUT2D eigenvalue weighted by molar-refractivity contribution is -0.126. The molecule has 206 valence electrons. The minimum Gasteiger partial charge on any atom is -0.383 e. The Balaban J connectivity index is 1.61. The van der Waals surface area contributed by atoms with E-state index >= 15 is 0 Å². The van der Waals surface area contributed by atoms with Crippen molar-refractivity contribution >= 4 is 50.9 Å². The third kappa shape index (κ3) is 7.13. The van der Waals surface area contributed by atoms with Crippen molar-refractivity contribution < 1.29 is 22.1 Å². The summed E-state index contributed by atoms with van der Waals surface area (Å²) in [6.07, 6.45) is -6.04. The van der Waals surface area contributed by atoms with Crippen LogP contribution in [-0.2, 0) is 11.0 Å². The highest BCUT2D eigenvalue weighted by atomic mass is 32.1. The van der Waals surface area contributed by atoms with E-state index in [2.05, 4.69) is 27.3 Å². The number of rotatable bonds is 6. The summed E-state index contributed by atoms with van der Waals surface area (Å²) in [5.74, 6) is 5.77. The highest BCUT2D eigenvalue weighted by Gasteiger charge is 2.32. The largest absolute Gasteiger partial charge is 0.393 e. The molecule has 0 aliphatic carbocycles. The first-order valence-electron chi connectivity index (χ1n) is 12.4. The molecule has 11 heteroatoms. The van der Waals surface area contributed by atoms with Gasteiger partial charge in [-0.1, -0.05) is 30.0 Å². The summed E-state index contributed by atoms with van der Waals surface area (Å²) in [5, 5.41) is 7.32. The molecule has 0 radical (unpaired) electrons. The Morgan fingerprint density at radius 2 is 2.00 bits per heavy atom. The molecule has 1 aromatic heterocycles. The van der Waals surface area contributed by atoms with Crippen LogP contribution in [0.3, 0.4) is 0 Å². The Bertz CT molecular complexity index is 1510. The fourth-order valence-corrected chi connectivity index (χ4v) is 6.58. The van der Waals surface area contributed by atoms with Crippen molar-refractivity contribution in [3.8, 4) is 11.8 Å². The van der Waals surface area contributed by atoms with Gasteiger partial charge in [0.1, 0.15) is 13.3 Å². The Kier molecular flexibility index (Phi) is 8.61. The molecule has 0 spiro atoms. The van der Waals surface area contributed by atoms with Crippen LogP contribution in [0, 0.1) is 18.4 Å². The number of hydrogen-bond acceptors (Lipinski definition) is 5. The zero-order valence-electron chi connectivity index (χ0n) is 21.8. The fraction of sp³-hybridized carbons (Fsp3) is 0.393. The minimum atomic E-state index is -4.42. The molecule has 2 N–H and O–H groups in total. The summed E-state index contributed by atoms with van der Waals surface area (Å²) in [5.41, 5.74) is 1.52. The topological polar surface area (TPSA) is 48.7 Å². The number of anilines is 2. The van der Waals surface area contributed by atoms with Crippen LogP contribution in [0.2, 0.25) is 0 Å². The predicted molar refractivity (Wildman–Crippen MR) is 153 cm³/mol. The molecule has 2 atom stereocenters. The third-order valence-electron chi connectivity index (χ3n) is 6.57. The Morgan fingerprint density at radius 1 is 1.23 bits per heavy atom. The summed E-state index contributed by atoms with van der Waals surface area (Å²) in [6.45, 7) is 11.8. The lowest BCUT2D eigenvalue weighted by atomic mass is 10.0. The number of thiophene rings is 1. The highest BCUT2D eigenvalue weighted by Crippen LogP contribution is 2.40. The van der Waals surface area contributed by atoms with Gasteiger partial charge in [-0.15, -0.1) is 11.3 Å². The SMILES string of the molecule is [C-]#[N+]c1cc(P(C)(C)=O)ccc1NCC#Cc1sc2c(N[C@@H]3CCN(C)C[C@@H]3F)cccc2c1CC(F)(F)F. The van der Waals surface area contributed by atoms with Gasteiger partial charge in [0.25, 0.3) is 0 Å². The molecule has 1 aliphatic heterocycles. The van der Waals surface area contributed by atoms with E-state index < -0.39 is 32.0 Å². The van der Waals surface area contributed by atoms with Crippen molar-refractivity contribution in [2.45, 2.75) is 31.2 Å². The number of alkyl halides is 4. The van der Waals surface area contributed by atoms with Gasteiger partial charge in [0.05, 0.1) is 40.8 Å². The van der Waals surface area contributed by atoms with Crippen molar-refractivity contribution in [2.75, 3.05) is 50.6 Å². The normalized spacial score (nSPS) is 18.3. The maximum atomic E-state index is 14.7. The summed E-state index contributed by atoms with van der Waals surface area (Å²) in [6, 6.07) is 9.61. The van der Waals surface area contributed by atoms with Gasteiger partial charge in [0, 0.05) is 24.1 Å². The molecule has 2 aromatic carbocycles. The zero-order valence-corrected chi connectivity index (χ0v) is 23.5. The molecule has 0 unspecified atom stereocenters. The second kappa shape index (κ2) is 11.6. The monoisotopic (exact) mass is 576 g/mol. The highest BCUT2D eigenvalue weighted by molar-refractivity contribution is 7.70. The molecule has 0 bridgehead atoms. The number of nitrogens with one attached hydrogen (secondary N) is 2. The molecule has 0 amide bonds. The van der Waals surface area contributed by atoms with Gasteiger partial charge >= 0.3 is 6.18 Å². The molecule has 3 aromatic rings. The van der Waals surface area contributed by atoms with E-state index in [0.29, 0.717) is 50.3 Å². The fourth-order valence-electron chi connectivity index (χ4n) is 4.54. The van der Waals surface area contributed by atoms with Gasteiger partial charge in [-0.25, -0.2) is 9.24 Å². The Labute approximate surface area is 229 Å². The standard InChI is InChI=1S/C28H29F4N4OPS/c1-33-25-15-18(38(3,4)37)10-11-23(25)34-13-6-9-26-20(16-28(30,31)32)19-7-5-8-24(27(19)39-26)35-22-12-14-36(2)17-21(22)29/h5,7-8,10-11,15,21-22,34-35H,12-14,16-17H2,2-4H3/t21-,22+/m0/s1. The van der Waals surface area contributed by atoms with Crippen LogP contribution in [0.15, 0.2) is 36.4 Å². The van der Waals surface area contributed by atoms with Crippen LogP contribution in [0.5, 0.6) is 0 Å². The Morgan fingerprint density at radius 3 is 2.67 bits per heavy atom. The molecule has 5 nitrogen and oxygen atoms in total. The van der Waals surface area contributed by atoms with Gasteiger partial charge in [0.2, 0.25) is 5.69 Å². The number of nitrogens with zero attached hydrogens (tertiary/aromatic N) is 2. The smallest absolute Gasteiger partial charge is 0.383 e. The average molecular weight is 577 g/mol. The van der Waals surface area contributed by atoms with Gasteiger partial charge < -0.3 is 20.1 Å². The van der Waals surface area contributed by atoms with Gasteiger partial charge in [-0.2, -0.15) is 13.2 Å². The number of hydrogen-bond donors (Lipinski definition) is 2. The van der Waals surface area contributed by atoms with E-state index in [1.807, 2.05) is 11.9 Å². The zero-order chi connectivity index (χ0) is 28.4. The second-order valence-corrected chi connectivity index (χ2v) is 14.3. The van der Waals surface area contributed by atoms with Crippen molar-refractivity contribution in [2.24, 2.45) is 0 Å². The van der Waals surface area contributed by atoms with Crippen molar-refractivity contribution in [3.05, 3.63) is 58.3 Å². The molecule has 4 rings (SSSR count). The summed E-state index contributed by atoms with van der Waals surface area (Å²) < 4.78 is 68.2. The van der Waals surface area contributed by atoms with Crippen molar-refractivity contribution in [3.63, 3.8) is 0 Å². The maximum Gasteiger partial charge on any atom is 0.393 e. The second-order valence-electron chi connectivity index (χ2n) is 10.0. The molecule has 39 heavy (non-hydrogen) atoms. The van der Waals surface area contributed by atoms with Crippen molar-refractivity contribution in [1.82, 2.24) is 4.90 Å². The molecule has 1 saturated heterocycles. The number of piperidine rings is 1. The first-order chi connectivity index (χ1) is 18.4. The number of fused-ring (bicyclic) bond motifs is 1. The lowest BCUT2D eigenvalue weighted by Crippen LogP contribution is -2.46. The van der Waals surface area contributed by atoms with Crippen LogP contribution < -0.4 is 15.9 Å². The number of halogens is 4. The Hall–Kier alpha value is -3.04. The predicted octanol–water partition coefficient (Wildman–Crippen LogP) is 6.72. The summed E-state index contributed by atoms with van der Waals surface area (Å²) >= 11 is 1.16. The van der Waals surface area contributed by atoms with Gasteiger partial charge in [-0.05, 0) is 55.9 Å². The van der Waals surface area contributed by atoms with Gasteiger partial charge in [0.15, 0.2) is 0 Å². The quantitative estimate of drug-likeness (QED) is 0.148. The van der Waals surface area contributed by atoms with E-state index in [1.165, 1.54) is 0 Å². The van der Waals surface area contributed by atoms with Crippen LogP contribution >= 0.6 is 18.5 Å². The average Bonchev–Trinajstić information content (AvgIpc) is 3.19. The molecular weight excluding hydrogens is 547 g/mol. The van der Waals surface area contributed by atoms with E-state index in [1.54, 1.807) is 49.7 Å². The van der Waals surface area contributed by atoms with E-state index in [4.69, 9.17) is 6.57 Å². The van der Waals surface area contributed by atoms with Crippen LogP contribution in [0.25, 0.3) is 14.9 Å². The van der Waals surface area contributed by atoms with E-state index in [-0.39, 0.29) is 12.1 Å². The van der Waals surface area contributed by atoms with Crippen LogP contribution in [0.4, 0.5) is 34.6 Å². The molecule has 2 heterocycles.